The number of carbonyl (C=O) groups excluding carboxylic acids is 1. The van der Waals surface area contributed by atoms with E-state index in [1.54, 1.807) is 0 Å². The van der Waals surface area contributed by atoms with Crippen LogP contribution in [0.2, 0.25) is 0 Å². The molecule has 0 spiro atoms. The summed E-state index contributed by atoms with van der Waals surface area (Å²) in [7, 11) is 0. The molecule has 2 aromatic rings. The number of hydrogen-bond donors (Lipinski definition) is 1. The molecule has 3 nitrogen and oxygen atoms in total. The van der Waals surface area contributed by atoms with Gasteiger partial charge in [-0.05, 0) is 22.8 Å². The fourth-order valence-electron chi connectivity index (χ4n) is 3.87. The number of fused-ring (bicyclic) bond motifs is 1. The molecule has 148 valence electrons. The highest BCUT2D eigenvalue weighted by molar-refractivity contribution is 5.91. The first kappa shape index (κ1) is 21.4. The number of benzene rings is 2. The molecule has 2 aromatic carbocycles. The van der Waals surface area contributed by atoms with Crippen LogP contribution in [0.25, 0.3) is 10.8 Å². The molecule has 0 heterocycles. The Morgan fingerprint density at radius 1 is 0.852 bits per heavy atom. The van der Waals surface area contributed by atoms with Crippen molar-refractivity contribution in [1.29, 1.82) is 0 Å². The van der Waals surface area contributed by atoms with Crippen molar-refractivity contribution in [3.05, 3.63) is 48.0 Å². The van der Waals surface area contributed by atoms with E-state index in [9.17, 15) is 4.79 Å². The summed E-state index contributed by atoms with van der Waals surface area (Å²) in [5, 5.41) is 2.26. The second-order valence-corrected chi connectivity index (χ2v) is 7.53. The van der Waals surface area contributed by atoms with Crippen LogP contribution in [0.4, 0.5) is 0 Å². The largest absolute Gasteiger partial charge is 0.373 e. The highest BCUT2D eigenvalue weighted by Gasteiger charge is 2.23. The molecule has 3 heteroatoms. The molecule has 1 atom stereocenters. The lowest BCUT2D eigenvalue weighted by molar-refractivity contribution is -0.146. The monoisotopic (exact) mass is 369 g/mol. The third kappa shape index (κ3) is 6.99. The summed E-state index contributed by atoms with van der Waals surface area (Å²) >= 11 is 0. The predicted octanol–water partition coefficient (Wildman–Crippen LogP) is 6.65. The molecule has 0 fully saturated rings. The highest BCUT2D eigenvalue weighted by Crippen LogP contribution is 2.30. The van der Waals surface area contributed by atoms with Crippen LogP contribution in [0.15, 0.2) is 42.5 Å². The summed E-state index contributed by atoms with van der Waals surface area (Å²) in [6, 6.07) is 14.3. The Balaban J connectivity index is 1.81. The zero-order valence-corrected chi connectivity index (χ0v) is 16.8. The smallest absolute Gasteiger partial charge is 0.331 e. The van der Waals surface area contributed by atoms with Crippen LogP contribution in [0.1, 0.15) is 89.0 Å². The minimum absolute atomic E-state index is 0.282. The van der Waals surface area contributed by atoms with Gasteiger partial charge in [-0.3, -0.25) is 0 Å². The van der Waals surface area contributed by atoms with Gasteiger partial charge in [0.2, 0.25) is 0 Å². The molecule has 0 aromatic heterocycles. The van der Waals surface area contributed by atoms with E-state index in [0.29, 0.717) is 0 Å². The normalized spacial score (nSPS) is 12.2. The van der Waals surface area contributed by atoms with Crippen molar-refractivity contribution in [1.82, 2.24) is 0 Å². The molecule has 0 aliphatic rings. The zero-order valence-electron chi connectivity index (χ0n) is 16.8. The van der Waals surface area contributed by atoms with Crippen LogP contribution < -0.4 is 5.90 Å². The maximum atomic E-state index is 12.3. The molecular formula is C24H35NO2. The van der Waals surface area contributed by atoms with Crippen LogP contribution in [-0.2, 0) is 9.63 Å². The number of hydrogen-bond acceptors (Lipinski definition) is 3. The van der Waals surface area contributed by atoms with Crippen molar-refractivity contribution in [2.24, 2.45) is 5.90 Å². The Labute approximate surface area is 164 Å². The molecule has 0 saturated carbocycles. The first-order chi connectivity index (χ1) is 13.3. The predicted molar refractivity (Wildman–Crippen MR) is 113 cm³/mol. The van der Waals surface area contributed by atoms with Gasteiger partial charge in [-0.1, -0.05) is 114 Å². The molecule has 0 saturated heterocycles. The SMILES string of the molecule is CCCCCCCCCCCCC(C(=O)ON)c1cccc2ccccc12. The van der Waals surface area contributed by atoms with Crippen molar-refractivity contribution in [2.75, 3.05) is 0 Å². The quantitative estimate of drug-likeness (QED) is 0.317. The van der Waals surface area contributed by atoms with E-state index in [4.69, 9.17) is 5.90 Å². The summed E-state index contributed by atoms with van der Waals surface area (Å²) in [4.78, 5) is 16.9. The molecule has 0 amide bonds. The van der Waals surface area contributed by atoms with E-state index in [-0.39, 0.29) is 11.9 Å². The third-order valence-electron chi connectivity index (χ3n) is 5.45. The molecule has 0 radical (unpaired) electrons. The van der Waals surface area contributed by atoms with E-state index in [1.165, 1.54) is 51.4 Å². The lowest BCUT2D eigenvalue weighted by Gasteiger charge is -2.17. The first-order valence-electron chi connectivity index (χ1n) is 10.7. The van der Waals surface area contributed by atoms with Crippen LogP contribution in [-0.4, -0.2) is 5.97 Å². The van der Waals surface area contributed by atoms with Crippen LogP contribution in [0, 0.1) is 0 Å². The topological polar surface area (TPSA) is 52.3 Å². The van der Waals surface area contributed by atoms with Gasteiger partial charge in [0.05, 0.1) is 5.92 Å². The van der Waals surface area contributed by atoms with Gasteiger partial charge in [-0.15, -0.1) is 0 Å². The van der Waals surface area contributed by atoms with Gasteiger partial charge in [-0.2, -0.15) is 5.90 Å². The van der Waals surface area contributed by atoms with Gasteiger partial charge in [0.1, 0.15) is 0 Å². The van der Waals surface area contributed by atoms with Crippen molar-refractivity contribution in [2.45, 2.75) is 83.5 Å². The van der Waals surface area contributed by atoms with E-state index in [1.807, 2.05) is 24.3 Å². The van der Waals surface area contributed by atoms with E-state index < -0.39 is 0 Å². The molecule has 0 aliphatic heterocycles. The van der Waals surface area contributed by atoms with Crippen LogP contribution in [0.5, 0.6) is 0 Å². The summed E-state index contributed by atoms with van der Waals surface area (Å²) in [6.45, 7) is 2.26. The fourth-order valence-corrected chi connectivity index (χ4v) is 3.87. The van der Waals surface area contributed by atoms with E-state index >= 15 is 0 Å². The molecule has 1 unspecified atom stereocenters. The maximum absolute atomic E-state index is 12.3. The first-order valence-corrected chi connectivity index (χ1v) is 10.7. The summed E-state index contributed by atoms with van der Waals surface area (Å²) in [5.41, 5.74) is 1.03. The Hall–Kier alpha value is -1.87. The van der Waals surface area contributed by atoms with E-state index in [2.05, 4.69) is 30.0 Å². The number of unbranched alkanes of at least 4 members (excludes halogenated alkanes) is 9. The van der Waals surface area contributed by atoms with Crippen molar-refractivity contribution in [3.63, 3.8) is 0 Å². The van der Waals surface area contributed by atoms with Crippen LogP contribution >= 0.6 is 0 Å². The Morgan fingerprint density at radius 3 is 2.11 bits per heavy atom. The molecule has 0 bridgehead atoms. The van der Waals surface area contributed by atoms with Gasteiger partial charge in [0, 0.05) is 0 Å². The van der Waals surface area contributed by atoms with Crippen molar-refractivity contribution in [3.8, 4) is 0 Å². The Kier molecular flexibility index (Phi) is 9.93. The molecule has 2 N–H and O–H groups in total. The molecular weight excluding hydrogens is 334 g/mol. The summed E-state index contributed by atoms with van der Waals surface area (Å²) < 4.78 is 0. The highest BCUT2D eigenvalue weighted by atomic mass is 16.7. The lowest BCUT2D eigenvalue weighted by atomic mass is 9.89. The minimum Gasteiger partial charge on any atom is -0.373 e. The lowest BCUT2D eigenvalue weighted by Crippen LogP contribution is -2.19. The fraction of sp³-hybridized carbons (Fsp3) is 0.542. The molecule has 2 rings (SSSR count). The number of rotatable bonds is 13. The minimum atomic E-state index is -0.331. The van der Waals surface area contributed by atoms with Gasteiger partial charge in [0.25, 0.3) is 0 Å². The Bertz CT molecular complexity index is 678. The Morgan fingerprint density at radius 2 is 1.44 bits per heavy atom. The average molecular weight is 370 g/mol. The van der Waals surface area contributed by atoms with Crippen molar-refractivity contribution >= 4 is 16.7 Å². The van der Waals surface area contributed by atoms with Gasteiger partial charge in [-0.25, -0.2) is 4.79 Å². The molecule has 27 heavy (non-hydrogen) atoms. The molecule has 0 aliphatic carbocycles. The second kappa shape index (κ2) is 12.5. The maximum Gasteiger partial charge on any atom is 0.331 e. The zero-order chi connectivity index (χ0) is 19.3. The van der Waals surface area contributed by atoms with Crippen molar-refractivity contribution < 1.29 is 9.63 Å². The van der Waals surface area contributed by atoms with Gasteiger partial charge >= 0.3 is 5.97 Å². The third-order valence-corrected chi connectivity index (χ3v) is 5.45. The standard InChI is InChI=1S/C24H35NO2/c1-2-3-4-5-6-7-8-9-10-11-18-23(24(26)27-25)22-19-14-16-20-15-12-13-17-21(20)22/h12-17,19,23H,2-11,18,25H2,1H3. The summed E-state index contributed by atoms with van der Waals surface area (Å²) in [6.07, 6.45) is 13.6. The number of carbonyl (C=O) groups is 1. The second-order valence-electron chi connectivity index (χ2n) is 7.53. The summed E-state index contributed by atoms with van der Waals surface area (Å²) in [5.74, 6) is 4.61. The van der Waals surface area contributed by atoms with Crippen LogP contribution in [0.3, 0.4) is 0 Å². The van der Waals surface area contributed by atoms with Gasteiger partial charge in [0.15, 0.2) is 0 Å². The van der Waals surface area contributed by atoms with Gasteiger partial charge < -0.3 is 4.84 Å². The van der Waals surface area contributed by atoms with E-state index in [0.717, 1.165) is 35.6 Å². The number of nitrogens with two attached hydrogens (primary N) is 1. The average Bonchev–Trinajstić information content (AvgIpc) is 2.71.